The Morgan fingerprint density at radius 1 is 1.12 bits per heavy atom. The number of nitrogens with one attached hydrogen (secondary N) is 1. The average Bonchev–Trinajstić information content (AvgIpc) is 2.67. The molecule has 0 amide bonds. The normalized spacial score (nSPS) is 15.3. The molecule has 1 saturated heterocycles. The number of benzene rings is 1. The molecule has 2 aromatic rings. The molecule has 1 aliphatic heterocycles. The molecule has 0 radical (unpaired) electrons. The highest BCUT2D eigenvalue weighted by atomic mass is 16.5. The van der Waals surface area contributed by atoms with Crippen LogP contribution in [0.2, 0.25) is 0 Å². The highest BCUT2D eigenvalue weighted by molar-refractivity contribution is 5.40. The number of hydrogen-bond acceptors (Lipinski definition) is 6. The molecule has 0 spiro atoms. The molecule has 0 aliphatic carbocycles. The van der Waals surface area contributed by atoms with Crippen LogP contribution in [0.5, 0.6) is 11.5 Å². The van der Waals surface area contributed by atoms with Crippen molar-refractivity contribution in [2.75, 3.05) is 32.2 Å². The van der Waals surface area contributed by atoms with Crippen molar-refractivity contribution >= 4 is 5.95 Å². The minimum absolute atomic E-state index is 0.497. The molecule has 1 fully saturated rings. The fraction of sp³-hybridized carbons (Fsp3) is 0.444. The topological polar surface area (TPSA) is 59.5 Å². The second kappa shape index (κ2) is 7.97. The second-order valence-corrected chi connectivity index (χ2v) is 5.87. The molecule has 128 valence electrons. The maximum atomic E-state index is 5.46. The van der Waals surface area contributed by atoms with E-state index in [1.165, 1.54) is 0 Å². The molecule has 1 aliphatic rings. The van der Waals surface area contributed by atoms with E-state index in [-0.39, 0.29) is 0 Å². The zero-order valence-electron chi connectivity index (χ0n) is 14.2. The lowest BCUT2D eigenvalue weighted by atomic mass is 10.0. The van der Waals surface area contributed by atoms with E-state index in [1.807, 2.05) is 18.2 Å². The van der Waals surface area contributed by atoms with Crippen molar-refractivity contribution in [3.8, 4) is 11.5 Å². The molecule has 6 nitrogen and oxygen atoms in total. The summed E-state index contributed by atoms with van der Waals surface area (Å²) >= 11 is 0. The van der Waals surface area contributed by atoms with E-state index in [2.05, 4.69) is 26.3 Å². The fourth-order valence-corrected chi connectivity index (χ4v) is 2.99. The van der Waals surface area contributed by atoms with Gasteiger partial charge in [-0.1, -0.05) is 6.07 Å². The first-order valence-corrected chi connectivity index (χ1v) is 8.26. The van der Waals surface area contributed by atoms with E-state index in [0.29, 0.717) is 6.04 Å². The standard InChI is InChI=1S/C18H24N4O2/c1-23-16-5-4-14(17(12-16)24-2)13-21-15-6-10-22(11-7-15)18-19-8-3-9-20-18/h3-5,8-9,12,15,21H,6-7,10-11,13H2,1-2H3. The minimum Gasteiger partial charge on any atom is -0.497 e. The third kappa shape index (κ3) is 3.94. The van der Waals surface area contributed by atoms with Crippen LogP contribution in [0.15, 0.2) is 36.7 Å². The van der Waals surface area contributed by atoms with E-state index in [0.717, 1.165) is 55.5 Å². The quantitative estimate of drug-likeness (QED) is 0.878. The zero-order chi connectivity index (χ0) is 16.8. The van der Waals surface area contributed by atoms with Gasteiger partial charge >= 0.3 is 0 Å². The van der Waals surface area contributed by atoms with Crippen molar-refractivity contribution in [3.63, 3.8) is 0 Å². The van der Waals surface area contributed by atoms with Crippen LogP contribution in [0, 0.1) is 0 Å². The molecule has 1 aromatic carbocycles. The van der Waals surface area contributed by atoms with Gasteiger partial charge in [0.25, 0.3) is 0 Å². The van der Waals surface area contributed by atoms with Crippen molar-refractivity contribution in [2.24, 2.45) is 0 Å². The third-order valence-electron chi connectivity index (χ3n) is 4.41. The van der Waals surface area contributed by atoms with E-state index < -0.39 is 0 Å². The summed E-state index contributed by atoms with van der Waals surface area (Å²) in [4.78, 5) is 10.9. The van der Waals surface area contributed by atoms with Gasteiger partial charge in [-0.05, 0) is 25.0 Å². The summed E-state index contributed by atoms with van der Waals surface area (Å²) in [5, 5.41) is 3.63. The highest BCUT2D eigenvalue weighted by Gasteiger charge is 2.20. The molecule has 0 bridgehead atoms. The fourth-order valence-electron chi connectivity index (χ4n) is 2.99. The molecule has 2 heterocycles. The Kier molecular flexibility index (Phi) is 5.48. The number of methoxy groups -OCH3 is 2. The van der Waals surface area contributed by atoms with Crippen molar-refractivity contribution in [3.05, 3.63) is 42.2 Å². The van der Waals surface area contributed by atoms with Gasteiger partial charge in [0, 0.05) is 49.7 Å². The van der Waals surface area contributed by atoms with Gasteiger partial charge in [-0.15, -0.1) is 0 Å². The second-order valence-electron chi connectivity index (χ2n) is 5.87. The molecule has 0 saturated carbocycles. The SMILES string of the molecule is COc1ccc(CNC2CCN(c3ncccn3)CC2)c(OC)c1. The van der Waals surface area contributed by atoms with Crippen molar-refractivity contribution in [2.45, 2.75) is 25.4 Å². The first kappa shape index (κ1) is 16.5. The number of aromatic nitrogens is 2. The third-order valence-corrected chi connectivity index (χ3v) is 4.41. The monoisotopic (exact) mass is 328 g/mol. The number of anilines is 1. The largest absolute Gasteiger partial charge is 0.497 e. The van der Waals surface area contributed by atoms with Gasteiger partial charge in [0.2, 0.25) is 5.95 Å². The van der Waals surface area contributed by atoms with Crippen molar-refractivity contribution in [1.29, 1.82) is 0 Å². The Hall–Kier alpha value is -2.34. The summed E-state index contributed by atoms with van der Waals surface area (Å²) in [7, 11) is 3.35. The number of piperidine rings is 1. The summed E-state index contributed by atoms with van der Waals surface area (Å²) in [6, 6.07) is 8.29. The predicted molar refractivity (Wildman–Crippen MR) is 93.7 cm³/mol. The summed E-state index contributed by atoms with van der Waals surface area (Å²) in [5.74, 6) is 2.50. The molecule has 1 aromatic heterocycles. The lowest BCUT2D eigenvalue weighted by Gasteiger charge is -2.32. The molecule has 3 rings (SSSR count). The van der Waals surface area contributed by atoms with Gasteiger partial charge < -0.3 is 19.7 Å². The summed E-state index contributed by atoms with van der Waals surface area (Å²) in [5.41, 5.74) is 1.15. The smallest absolute Gasteiger partial charge is 0.225 e. The number of hydrogen-bond donors (Lipinski definition) is 1. The Balaban J connectivity index is 1.52. The summed E-state index contributed by atoms with van der Waals surface area (Å²) in [6.07, 6.45) is 5.75. The van der Waals surface area contributed by atoms with Crippen LogP contribution in [0.3, 0.4) is 0 Å². The minimum atomic E-state index is 0.497. The first-order chi connectivity index (χ1) is 11.8. The van der Waals surface area contributed by atoms with Crippen LogP contribution in [-0.2, 0) is 6.54 Å². The maximum absolute atomic E-state index is 5.46. The number of rotatable bonds is 6. The van der Waals surface area contributed by atoms with Gasteiger partial charge in [0.05, 0.1) is 14.2 Å². The Bertz CT molecular complexity index is 643. The average molecular weight is 328 g/mol. The number of ether oxygens (including phenoxy) is 2. The predicted octanol–water partition coefficient (Wildman–Crippen LogP) is 2.25. The molecule has 0 unspecified atom stereocenters. The molecule has 24 heavy (non-hydrogen) atoms. The molecule has 6 heteroatoms. The van der Waals surface area contributed by atoms with Crippen LogP contribution in [0.1, 0.15) is 18.4 Å². The van der Waals surface area contributed by atoms with Crippen LogP contribution < -0.4 is 19.7 Å². The Morgan fingerprint density at radius 3 is 2.54 bits per heavy atom. The van der Waals surface area contributed by atoms with Crippen LogP contribution >= 0.6 is 0 Å². The Morgan fingerprint density at radius 2 is 1.88 bits per heavy atom. The van der Waals surface area contributed by atoms with Crippen LogP contribution in [-0.4, -0.2) is 43.3 Å². The van der Waals surface area contributed by atoms with Crippen molar-refractivity contribution < 1.29 is 9.47 Å². The van der Waals surface area contributed by atoms with Gasteiger partial charge in [0.1, 0.15) is 11.5 Å². The molecule has 1 N–H and O–H groups in total. The lowest BCUT2D eigenvalue weighted by molar-refractivity contribution is 0.381. The van der Waals surface area contributed by atoms with Gasteiger partial charge in [-0.25, -0.2) is 9.97 Å². The summed E-state index contributed by atoms with van der Waals surface area (Å²) in [6.45, 7) is 2.74. The molecular weight excluding hydrogens is 304 g/mol. The van der Waals surface area contributed by atoms with E-state index >= 15 is 0 Å². The van der Waals surface area contributed by atoms with E-state index in [4.69, 9.17) is 9.47 Å². The van der Waals surface area contributed by atoms with E-state index in [9.17, 15) is 0 Å². The highest BCUT2D eigenvalue weighted by Crippen LogP contribution is 2.25. The zero-order valence-corrected chi connectivity index (χ0v) is 14.2. The van der Waals surface area contributed by atoms with Gasteiger partial charge in [-0.2, -0.15) is 0 Å². The molecule has 0 atom stereocenters. The van der Waals surface area contributed by atoms with Gasteiger partial charge in [-0.3, -0.25) is 0 Å². The first-order valence-electron chi connectivity index (χ1n) is 8.26. The van der Waals surface area contributed by atoms with Crippen LogP contribution in [0.4, 0.5) is 5.95 Å². The van der Waals surface area contributed by atoms with Crippen LogP contribution in [0.25, 0.3) is 0 Å². The lowest BCUT2D eigenvalue weighted by Crippen LogP contribution is -2.42. The Labute approximate surface area is 142 Å². The van der Waals surface area contributed by atoms with Gasteiger partial charge in [0.15, 0.2) is 0 Å². The van der Waals surface area contributed by atoms with Crippen molar-refractivity contribution in [1.82, 2.24) is 15.3 Å². The van der Waals surface area contributed by atoms with E-state index in [1.54, 1.807) is 26.6 Å². The number of nitrogens with zero attached hydrogens (tertiary/aromatic N) is 3. The molecular formula is C18H24N4O2. The maximum Gasteiger partial charge on any atom is 0.225 e. The summed E-state index contributed by atoms with van der Waals surface area (Å²) < 4.78 is 10.7.